The van der Waals surface area contributed by atoms with E-state index in [4.69, 9.17) is 4.74 Å². The summed E-state index contributed by atoms with van der Waals surface area (Å²) in [5.74, 6) is -0.251. The predicted molar refractivity (Wildman–Crippen MR) is 115 cm³/mol. The molecule has 4 rings (SSSR count). The number of ether oxygens (including phenoxy) is 1. The predicted octanol–water partition coefficient (Wildman–Crippen LogP) is 5.60. The lowest BCUT2D eigenvalue weighted by Gasteiger charge is -2.04. The highest BCUT2D eigenvalue weighted by Crippen LogP contribution is 2.40. The van der Waals surface area contributed by atoms with Gasteiger partial charge in [-0.2, -0.15) is 0 Å². The van der Waals surface area contributed by atoms with E-state index in [9.17, 15) is 9.90 Å². The lowest BCUT2D eigenvalue weighted by atomic mass is 10.1. The zero-order chi connectivity index (χ0) is 19.7. The Hall–Kier alpha value is -2.90. The first-order valence-electron chi connectivity index (χ1n) is 8.74. The van der Waals surface area contributed by atoms with Gasteiger partial charge in [0.1, 0.15) is 10.6 Å². The van der Waals surface area contributed by atoms with Crippen LogP contribution in [0.4, 0.5) is 5.00 Å². The molecule has 0 atom stereocenters. The first kappa shape index (κ1) is 18.5. The molecule has 0 saturated carbocycles. The molecule has 0 radical (unpaired) electrons. The van der Waals surface area contributed by atoms with E-state index in [-0.39, 0.29) is 11.8 Å². The van der Waals surface area contributed by atoms with Gasteiger partial charge in [0, 0.05) is 34.5 Å². The normalized spacial score (nSPS) is 11.5. The van der Waals surface area contributed by atoms with Crippen molar-refractivity contribution in [1.29, 1.82) is 0 Å². The van der Waals surface area contributed by atoms with Crippen LogP contribution in [0.2, 0.25) is 0 Å². The van der Waals surface area contributed by atoms with E-state index in [1.54, 1.807) is 36.1 Å². The topological polar surface area (TPSA) is 63.8 Å². The maximum absolute atomic E-state index is 12.6. The molecule has 3 aromatic heterocycles. The van der Waals surface area contributed by atoms with Gasteiger partial charge in [-0.15, -0.1) is 22.7 Å². The number of hydrogen-bond donors (Lipinski definition) is 1. The van der Waals surface area contributed by atoms with Gasteiger partial charge in [0.15, 0.2) is 0 Å². The summed E-state index contributed by atoms with van der Waals surface area (Å²) in [6, 6.07) is 11.6. The van der Waals surface area contributed by atoms with Crippen molar-refractivity contribution >= 4 is 50.8 Å². The summed E-state index contributed by atoms with van der Waals surface area (Å²) in [5, 5.41) is 15.9. The SMILES string of the molecule is CCOC(=O)c1c(-c2cccs2)csc1/N=C/c1c(O)n(C)c2ccccc12. The van der Waals surface area contributed by atoms with Crippen LogP contribution in [0.5, 0.6) is 5.88 Å². The summed E-state index contributed by atoms with van der Waals surface area (Å²) >= 11 is 2.95. The van der Waals surface area contributed by atoms with Crippen LogP contribution in [0.25, 0.3) is 21.3 Å². The fraction of sp³-hybridized carbons (Fsp3) is 0.143. The standard InChI is InChI=1S/C21H18N2O3S2/c1-3-26-21(25)18-15(17-9-6-10-27-17)12-28-19(18)22-11-14-13-7-4-5-8-16(13)23(2)20(14)24/h4-12,24H,3H2,1-2H3/b22-11+. The molecule has 4 aromatic rings. The van der Waals surface area contributed by atoms with Gasteiger partial charge in [-0.1, -0.05) is 24.3 Å². The van der Waals surface area contributed by atoms with Crippen LogP contribution in [0, 0.1) is 0 Å². The number of carbonyl (C=O) groups excluding carboxylic acids is 1. The fourth-order valence-electron chi connectivity index (χ4n) is 3.12. The highest BCUT2D eigenvalue weighted by atomic mass is 32.1. The fourth-order valence-corrected chi connectivity index (χ4v) is 4.84. The van der Waals surface area contributed by atoms with E-state index in [0.29, 0.717) is 22.7 Å². The number of aromatic hydroxyl groups is 1. The lowest BCUT2D eigenvalue weighted by Crippen LogP contribution is -2.04. The molecule has 28 heavy (non-hydrogen) atoms. The summed E-state index contributed by atoms with van der Waals surface area (Å²) in [4.78, 5) is 18.2. The molecule has 3 heterocycles. The van der Waals surface area contributed by atoms with Crippen molar-refractivity contribution < 1.29 is 14.6 Å². The number of benzene rings is 1. The third-order valence-electron chi connectivity index (χ3n) is 4.46. The molecule has 0 fully saturated rings. The monoisotopic (exact) mass is 410 g/mol. The molecule has 5 nitrogen and oxygen atoms in total. The number of aromatic nitrogens is 1. The Morgan fingerprint density at radius 2 is 2.07 bits per heavy atom. The molecule has 0 saturated heterocycles. The molecule has 0 aliphatic carbocycles. The van der Waals surface area contributed by atoms with Crippen LogP contribution in [0.3, 0.4) is 0 Å². The van der Waals surface area contributed by atoms with Crippen molar-refractivity contribution in [2.75, 3.05) is 6.61 Å². The van der Waals surface area contributed by atoms with E-state index in [0.717, 1.165) is 21.3 Å². The number of hydrogen-bond acceptors (Lipinski definition) is 6. The molecule has 0 unspecified atom stereocenters. The summed E-state index contributed by atoms with van der Waals surface area (Å²) in [6.07, 6.45) is 1.62. The van der Waals surface area contributed by atoms with Crippen molar-refractivity contribution in [3.63, 3.8) is 0 Å². The van der Waals surface area contributed by atoms with Crippen molar-refractivity contribution in [3.05, 3.63) is 58.3 Å². The second-order valence-electron chi connectivity index (χ2n) is 6.10. The second kappa shape index (κ2) is 7.61. The number of aliphatic imine (C=N–C) groups is 1. The Balaban J connectivity index is 1.81. The number of para-hydroxylation sites is 1. The Bertz CT molecular complexity index is 1170. The van der Waals surface area contributed by atoms with Crippen LogP contribution in [-0.4, -0.2) is 28.5 Å². The van der Waals surface area contributed by atoms with E-state index in [1.807, 2.05) is 47.2 Å². The number of esters is 1. The molecule has 0 aliphatic rings. The van der Waals surface area contributed by atoms with Crippen molar-refractivity contribution in [1.82, 2.24) is 4.57 Å². The molecule has 1 aromatic carbocycles. The van der Waals surface area contributed by atoms with Gasteiger partial charge in [0.2, 0.25) is 5.88 Å². The third-order valence-corrected chi connectivity index (χ3v) is 6.25. The lowest BCUT2D eigenvalue weighted by molar-refractivity contribution is 0.0529. The summed E-state index contributed by atoms with van der Waals surface area (Å²) in [5.41, 5.74) is 2.83. The van der Waals surface area contributed by atoms with Crippen LogP contribution in [0.15, 0.2) is 52.2 Å². The molecule has 7 heteroatoms. The molecule has 1 N–H and O–H groups in total. The van der Waals surface area contributed by atoms with Crippen LogP contribution in [0.1, 0.15) is 22.8 Å². The zero-order valence-corrected chi connectivity index (χ0v) is 17.0. The highest BCUT2D eigenvalue weighted by molar-refractivity contribution is 7.16. The average Bonchev–Trinajstić information content (AvgIpc) is 3.41. The first-order chi connectivity index (χ1) is 13.6. The van der Waals surface area contributed by atoms with E-state index < -0.39 is 0 Å². The van der Waals surface area contributed by atoms with Gasteiger partial charge in [-0.05, 0) is 24.4 Å². The summed E-state index contributed by atoms with van der Waals surface area (Å²) < 4.78 is 6.98. The largest absolute Gasteiger partial charge is 0.494 e. The van der Waals surface area contributed by atoms with Crippen molar-refractivity contribution in [2.24, 2.45) is 12.0 Å². The first-order valence-corrected chi connectivity index (χ1v) is 10.5. The molecule has 0 bridgehead atoms. The van der Waals surface area contributed by atoms with Gasteiger partial charge in [-0.25, -0.2) is 9.79 Å². The molecule has 0 spiro atoms. The molecular formula is C21H18N2O3S2. The molecule has 0 aliphatic heterocycles. The number of rotatable bonds is 5. The maximum atomic E-state index is 12.6. The van der Waals surface area contributed by atoms with Crippen molar-refractivity contribution in [3.8, 4) is 16.3 Å². The quantitative estimate of drug-likeness (QED) is 0.344. The van der Waals surface area contributed by atoms with Gasteiger partial charge < -0.3 is 14.4 Å². The van der Waals surface area contributed by atoms with Gasteiger partial charge in [-0.3, -0.25) is 0 Å². The highest BCUT2D eigenvalue weighted by Gasteiger charge is 2.22. The minimum Gasteiger partial charge on any atom is -0.494 e. The average molecular weight is 411 g/mol. The Kier molecular flexibility index (Phi) is 5.02. The van der Waals surface area contributed by atoms with Crippen LogP contribution < -0.4 is 0 Å². The Morgan fingerprint density at radius 3 is 2.82 bits per heavy atom. The van der Waals surface area contributed by atoms with Crippen molar-refractivity contribution in [2.45, 2.75) is 6.92 Å². The second-order valence-corrected chi connectivity index (χ2v) is 7.90. The molecule has 142 valence electrons. The maximum Gasteiger partial charge on any atom is 0.341 e. The van der Waals surface area contributed by atoms with Gasteiger partial charge in [0.25, 0.3) is 0 Å². The van der Waals surface area contributed by atoms with E-state index in [2.05, 4.69) is 4.99 Å². The van der Waals surface area contributed by atoms with Gasteiger partial charge in [0.05, 0.1) is 17.7 Å². The van der Waals surface area contributed by atoms with Gasteiger partial charge >= 0.3 is 5.97 Å². The molecule has 0 amide bonds. The minimum absolute atomic E-state index is 0.137. The summed E-state index contributed by atoms with van der Waals surface area (Å²) in [6.45, 7) is 2.08. The van der Waals surface area contributed by atoms with Crippen LogP contribution >= 0.6 is 22.7 Å². The number of aryl methyl sites for hydroxylation is 1. The molecular weight excluding hydrogens is 392 g/mol. The number of carbonyl (C=O) groups is 1. The Labute approximate surface area is 170 Å². The third kappa shape index (κ3) is 3.12. The number of thiophene rings is 2. The number of nitrogens with zero attached hydrogens (tertiary/aromatic N) is 2. The smallest absolute Gasteiger partial charge is 0.341 e. The minimum atomic E-state index is -0.388. The summed E-state index contributed by atoms with van der Waals surface area (Å²) in [7, 11) is 1.80. The van der Waals surface area contributed by atoms with E-state index in [1.165, 1.54) is 11.3 Å². The zero-order valence-electron chi connectivity index (χ0n) is 15.4. The Morgan fingerprint density at radius 1 is 1.25 bits per heavy atom. The number of fused-ring (bicyclic) bond motifs is 1. The van der Waals surface area contributed by atoms with Crippen LogP contribution in [-0.2, 0) is 11.8 Å². The van der Waals surface area contributed by atoms with E-state index >= 15 is 0 Å².